The van der Waals surface area contributed by atoms with E-state index in [-0.39, 0.29) is 0 Å². The van der Waals surface area contributed by atoms with Crippen molar-refractivity contribution < 1.29 is 0 Å². The molecule has 0 aliphatic carbocycles. The molecule has 0 saturated carbocycles. The predicted octanol–water partition coefficient (Wildman–Crippen LogP) is 0.389. The fourth-order valence-corrected chi connectivity index (χ4v) is 2.30. The summed E-state index contributed by atoms with van der Waals surface area (Å²) in [6.45, 7) is 6.48. The molecule has 1 aliphatic rings. The Morgan fingerprint density at radius 2 is 2.44 bits per heavy atom. The van der Waals surface area contributed by atoms with E-state index in [1.54, 1.807) is 4.68 Å². The molecular formula is C11H21N5. The van der Waals surface area contributed by atoms with E-state index in [9.17, 15) is 0 Å². The van der Waals surface area contributed by atoms with Gasteiger partial charge in [-0.1, -0.05) is 18.6 Å². The first-order chi connectivity index (χ1) is 7.79. The molecule has 1 N–H and O–H groups in total. The molecule has 0 spiro atoms. The molecule has 90 valence electrons. The van der Waals surface area contributed by atoms with E-state index >= 15 is 0 Å². The SMILES string of the molecule is CCCC1CNCCN1Cc1cn(C)nn1. The summed E-state index contributed by atoms with van der Waals surface area (Å²) >= 11 is 0. The van der Waals surface area contributed by atoms with Crippen LogP contribution in [0.4, 0.5) is 0 Å². The van der Waals surface area contributed by atoms with Gasteiger partial charge in [0.05, 0.1) is 5.69 Å². The lowest BCUT2D eigenvalue weighted by Gasteiger charge is -2.35. The van der Waals surface area contributed by atoms with Gasteiger partial charge in [0.25, 0.3) is 0 Å². The molecule has 2 heterocycles. The number of aryl methyl sites for hydroxylation is 1. The minimum Gasteiger partial charge on any atom is -0.314 e. The van der Waals surface area contributed by atoms with Gasteiger partial charge < -0.3 is 5.32 Å². The normalized spacial score (nSPS) is 22.5. The molecule has 5 heteroatoms. The summed E-state index contributed by atoms with van der Waals surface area (Å²) in [6, 6.07) is 0.653. The maximum atomic E-state index is 4.16. The Morgan fingerprint density at radius 1 is 1.56 bits per heavy atom. The molecule has 1 atom stereocenters. The lowest BCUT2D eigenvalue weighted by atomic mass is 10.1. The minimum absolute atomic E-state index is 0.653. The monoisotopic (exact) mass is 223 g/mol. The van der Waals surface area contributed by atoms with Crippen molar-refractivity contribution in [2.45, 2.75) is 32.4 Å². The third-order valence-electron chi connectivity index (χ3n) is 3.11. The van der Waals surface area contributed by atoms with Gasteiger partial charge in [-0.3, -0.25) is 9.58 Å². The molecule has 0 aromatic carbocycles. The average molecular weight is 223 g/mol. The summed E-state index contributed by atoms with van der Waals surface area (Å²) in [5.41, 5.74) is 1.07. The van der Waals surface area contributed by atoms with Crippen LogP contribution >= 0.6 is 0 Å². The number of aromatic nitrogens is 3. The van der Waals surface area contributed by atoms with Crippen molar-refractivity contribution in [3.8, 4) is 0 Å². The highest BCUT2D eigenvalue weighted by Crippen LogP contribution is 2.12. The number of rotatable bonds is 4. The van der Waals surface area contributed by atoms with Gasteiger partial charge in [0, 0.05) is 45.5 Å². The van der Waals surface area contributed by atoms with Gasteiger partial charge in [0.1, 0.15) is 0 Å². The summed E-state index contributed by atoms with van der Waals surface area (Å²) in [6.07, 6.45) is 4.50. The van der Waals surface area contributed by atoms with Crippen LogP contribution in [0.15, 0.2) is 6.20 Å². The van der Waals surface area contributed by atoms with Gasteiger partial charge in [-0.15, -0.1) is 5.10 Å². The van der Waals surface area contributed by atoms with Crippen molar-refractivity contribution in [2.24, 2.45) is 7.05 Å². The summed E-state index contributed by atoms with van der Waals surface area (Å²) < 4.78 is 1.77. The van der Waals surface area contributed by atoms with Crippen LogP contribution in [-0.4, -0.2) is 45.6 Å². The summed E-state index contributed by atoms with van der Waals surface area (Å²) in [5.74, 6) is 0. The fourth-order valence-electron chi connectivity index (χ4n) is 2.30. The quantitative estimate of drug-likeness (QED) is 0.802. The van der Waals surface area contributed by atoms with E-state index in [2.05, 4.69) is 27.5 Å². The second kappa shape index (κ2) is 5.41. The molecule has 1 aromatic heterocycles. The molecule has 1 aliphatic heterocycles. The molecule has 1 aromatic rings. The van der Waals surface area contributed by atoms with Crippen molar-refractivity contribution in [1.29, 1.82) is 0 Å². The Labute approximate surface area is 96.8 Å². The highest BCUT2D eigenvalue weighted by atomic mass is 15.4. The van der Waals surface area contributed by atoms with E-state index in [1.807, 2.05) is 13.2 Å². The van der Waals surface area contributed by atoms with E-state index in [0.717, 1.165) is 31.9 Å². The zero-order chi connectivity index (χ0) is 11.4. The van der Waals surface area contributed by atoms with Crippen molar-refractivity contribution in [1.82, 2.24) is 25.2 Å². The molecule has 0 radical (unpaired) electrons. The standard InChI is InChI=1S/C11H21N5/c1-3-4-11-7-12-5-6-16(11)9-10-8-15(2)14-13-10/h8,11-12H,3-7,9H2,1-2H3. The Kier molecular flexibility index (Phi) is 3.90. The zero-order valence-electron chi connectivity index (χ0n) is 10.2. The van der Waals surface area contributed by atoms with Crippen molar-refractivity contribution in [3.63, 3.8) is 0 Å². The third-order valence-corrected chi connectivity index (χ3v) is 3.11. The first-order valence-electron chi connectivity index (χ1n) is 6.09. The van der Waals surface area contributed by atoms with Crippen LogP contribution in [0.25, 0.3) is 0 Å². The third kappa shape index (κ3) is 2.80. The van der Waals surface area contributed by atoms with E-state index in [4.69, 9.17) is 0 Å². The lowest BCUT2D eigenvalue weighted by Crippen LogP contribution is -2.50. The largest absolute Gasteiger partial charge is 0.314 e. The van der Waals surface area contributed by atoms with Crippen molar-refractivity contribution >= 4 is 0 Å². The summed E-state index contributed by atoms with van der Waals surface area (Å²) in [7, 11) is 1.91. The number of nitrogens with one attached hydrogen (secondary N) is 1. The molecule has 1 fully saturated rings. The van der Waals surface area contributed by atoms with Gasteiger partial charge >= 0.3 is 0 Å². The van der Waals surface area contributed by atoms with Gasteiger partial charge in [-0.05, 0) is 6.42 Å². The molecular weight excluding hydrogens is 202 g/mol. The average Bonchev–Trinajstić information content (AvgIpc) is 2.67. The van der Waals surface area contributed by atoms with Crippen LogP contribution in [0, 0.1) is 0 Å². The van der Waals surface area contributed by atoms with E-state index < -0.39 is 0 Å². The van der Waals surface area contributed by atoms with Crippen LogP contribution in [-0.2, 0) is 13.6 Å². The lowest BCUT2D eigenvalue weighted by molar-refractivity contribution is 0.142. The van der Waals surface area contributed by atoms with E-state index in [0.29, 0.717) is 6.04 Å². The Balaban J connectivity index is 1.95. The van der Waals surface area contributed by atoms with Crippen LogP contribution in [0.2, 0.25) is 0 Å². The number of hydrogen-bond donors (Lipinski definition) is 1. The highest BCUT2D eigenvalue weighted by Gasteiger charge is 2.21. The molecule has 1 saturated heterocycles. The second-order valence-corrected chi connectivity index (χ2v) is 4.50. The smallest absolute Gasteiger partial charge is 0.0967 e. The van der Waals surface area contributed by atoms with Crippen LogP contribution in [0.1, 0.15) is 25.5 Å². The molecule has 5 nitrogen and oxygen atoms in total. The first-order valence-corrected chi connectivity index (χ1v) is 6.09. The summed E-state index contributed by atoms with van der Waals surface area (Å²) in [5, 5.41) is 11.6. The second-order valence-electron chi connectivity index (χ2n) is 4.50. The van der Waals surface area contributed by atoms with Gasteiger partial charge in [-0.2, -0.15) is 0 Å². The molecule has 1 unspecified atom stereocenters. The number of nitrogens with zero attached hydrogens (tertiary/aromatic N) is 4. The molecule has 0 bridgehead atoms. The van der Waals surface area contributed by atoms with Crippen LogP contribution < -0.4 is 5.32 Å². The topological polar surface area (TPSA) is 46.0 Å². The first kappa shape index (κ1) is 11.5. The molecule has 0 amide bonds. The Morgan fingerprint density at radius 3 is 3.12 bits per heavy atom. The molecule has 16 heavy (non-hydrogen) atoms. The maximum Gasteiger partial charge on any atom is 0.0967 e. The minimum atomic E-state index is 0.653. The highest BCUT2D eigenvalue weighted by molar-refractivity contribution is 4.94. The molecule has 2 rings (SSSR count). The Bertz CT molecular complexity index is 320. The van der Waals surface area contributed by atoms with Crippen LogP contribution in [0.3, 0.4) is 0 Å². The van der Waals surface area contributed by atoms with E-state index in [1.165, 1.54) is 12.8 Å². The number of hydrogen-bond acceptors (Lipinski definition) is 4. The maximum absolute atomic E-state index is 4.16. The number of piperazine rings is 1. The van der Waals surface area contributed by atoms with Crippen LogP contribution in [0.5, 0.6) is 0 Å². The van der Waals surface area contributed by atoms with Gasteiger partial charge in [0.2, 0.25) is 0 Å². The van der Waals surface area contributed by atoms with Crippen molar-refractivity contribution in [2.75, 3.05) is 19.6 Å². The Hall–Kier alpha value is -0.940. The summed E-state index contributed by atoms with van der Waals surface area (Å²) in [4.78, 5) is 2.52. The van der Waals surface area contributed by atoms with Crippen molar-refractivity contribution in [3.05, 3.63) is 11.9 Å². The zero-order valence-corrected chi connectivity index (χ0v) is 10.2. The van der Waals surface area contributed by atoms with Gasteiger partial charge in [0.15, 0.2) is 0 Å². The predicted molar refractivity (Wildman–Crippen MR) is 63.0 cm³/mol. The fraction of sp³-hybridized carbons (Fsp3) is 0.818. The van der Waals surface area contributed by atoms with Gasteiger partial charge in [-0.25, -0.2) is 0 Å².